The number of rotatable bonds is 6. The van der Waals surface area contributed by atoms with Crippen molar-refractivity contribution >= 4 is 5.91 Å². The second-order valence-electron chi connectivity index (χ2n) is 5.28. The highest BCUT2D eigenvalue weighted by Gasteiger charge is 2.32. The van der Waals surface area contributed by atoms with Crippen molar-refractivity contribution in [2.45, 2.75) is 32.4 Å². The van der Waals surface area contributed by atoms with Crippen LogP contribution >= 0.6 is 0 Å². The van der Waals surface area contributed by atoms with Crippen molar-refractivity contribution in [3.8, 4) is 0 Å². The summed E-state index contributed by atoms with van der Waals surface area (Å²) in [6.07, 6.45) is 6.75. The number of nitrogens with zero attached hydrogens (tertiary/aromatic N) is 2. The summed E-state index contributed by atoms with van der Waals surface area (Å²) in [5, 5.41) is 3.54. The first-order valence-electron chi connectivity index (χ1n) is 6.71. The van der Waals surface area contributed by atoms with E-state index in [9.17, 15) is 4.79 Å². The number of amides is 1. The quantitative estimate of drug-likeness (QED) is 0.832. The summed E-state index contributed by atoms with van der Waals surface area (Å²) in [7, 11) is 3.58. The molecule has 100 valence electrons. The molecule has 1 aliphatic rings. The standard InChI is InChI=1S/C14H23N3O/c1-4-15-14(11-5-6-11)12-7-8-17(9-12)10-13(18)16(2)3/h7-9,11,14-15H,4-6,10H2,1-3H3. The Bertz CT molecular complexity index is 407. The SMILES string of the molecule is CCNC(c1ccn(CC(=O)N(C)C)c1)C1CC1. The highest BCUT2D eigenvalue weighted by Crippen LogP contribution is 2.40. The van der Waals surface area contributed by atoms with Crippen LogP contribution in [0, 0.1) is 5.92 Å². The van der Waals surface area contributed by atoms with Crippen LogP contribution in [0.5, 0.6) is 0 Å². The molecule has 0 aromatic carbocycles. The zero-order valence-corrected chi connectivity index (χ0v) is 11.5. The summed E-state index contributed by atoms with van der Waals surface area (Å²) < 4.78 is 1.98. The van der Waals surface area contributed by atoms with Crippen LogP contribution in [-0.4, -0.2) is 36.0 Å². The molecule has 1 atom stereocenters. The number of nitrogens with one attached hydrogen (secondary N) is 1. The number of carbonyl (C=O) groups is 1. The van der Waals surface area contributed by atoms with Crippen molar-refractivity contribution in [1.29, 1.82) is 0 Å². The van der Waals surface area contributed by atoms with Gasteiger partial charge in [0.05, 0.1) is 0 Å². The van der Waals surface area contributed by atoms with Crippen LogP contribution in [0.3, 0.4) is 0 Å². The minimum absolute atomic E-state index is 0.128. The molecule has 2 rings (SSSR count). The van der Waals surface area contributed by atoms with Crippen LogP contribution in [0.25, 0.3) is 0 Å². The Labute approximate surface area is 109 Å². The van der Waals surface area contributed by atoms with E-state index in [2.05, 4.69) is 24.5 Å². The molecule has 1 saturated carbocycles. The lowest BCUT2D eigenvalue weighted by atomic mass is 10.1. The lowest BCUT2D eigenvalue weighted by molar-refractivity contribution is -0.129. The zero-order valence-electron chi connectivity index (χ0n) is 11.5. The molecule has 1 amide bonds. The zero-order chi connectivity index (χ0) is 13.1. The van der Waals surface area contributed by atoms with E-state index in [0.29, 0.717) is 12.6 Å². The highest BCUT2D eigenvalue weighted by atomic mass is 16.2. The monoisotopic (exact) mass is 249 g/mol. The van der Waals surface area contributed by atoms with Gasteiger partial charge in [-0.05, 0) is 36.9 Å². The molecule has 4 heteroatoms. The fourth-order valence-corrected chi connectivity index (χ4v) is 2.25. The van der Waals surface area contributed by atoms with Gasteiger partial charge in [-0.3, -0.25) is 4.79 Å². The van der Waals surface area contributed by atoms with Gasteiger partial charge in [-0.15, -0.1) is 0 Å². The third-order valence-electron chi connectivity index (χ3n) is 3.47. The van der Waals surface area contributed by atoms with E-state index in [0.717, 1.165) is 12.5 Å². The number of likely N-dealkylation sites (N-methyl/N-ethyl adjacent to an activating group) is 1. The average molecular weight is 249 g/mol. The number of aromatic nitrogens is 1. The topological polar surface area (TPSA) is 37.3 Å². The van der Waals surface area contributed by atoms with Crippen molar-refractivity contribution < 1.29 is 4.79 Å². The van der Waals surface area contributed by atoms with Gasteiger partial charge < -0.3 is 14.8 Å². The highest BCUT2D eigenvalue weighted by molar-refractivity contribution is 5.75. The molecular formula is C14H23N3O. The van der Waals surface area contributed by atoms with Crippen LogP contribution in [0.4, 0.5) is 0 Å². The Morgan fingerprint density at radius 2 is 2.28 bits per heavy atom. The van der Waals surface area contributed by atoms with E-state index >= 15 is 0 Å². The number of hydrogen-bond acceptors (Lipinski definition) is 2. The van der Waals surface area contributed by atoms with E-state index in [1.54, 1.807) is 19.0 Å². The fraction of sp³-hybridized carbons (Fsp3) is 0.643. The Morgan fingerprint density at radius 1 is 1.56 bits per heavy atom. The van der Waals surface area contributed by atoms with Gasteiger partial charge in [-0.25, -0.2) is 0 Å². The molecule has 18 heavy (non-hydrogen) atoms. The summed E-state index contributed by atoms with van der Waals surface area (Å²) in [5.74, 6) is 0.911. The maximum absolute atomic E-state index is 11.7. The molecule has 0 bridgehead atoms. The van der Waals surface area contributed by atoms with Crippen LogP contribution in [-0.2, 0) is 11.3 Å². The normalized spacial score (nSPS) is 16.6. The second-order valence-corrected chi connectivity index (χ2v) is 5.28. The molecule has 1 fully saturated rings. The predicted octanol–water partition coefficient (Wildman–Crippen LogP) is 1.64. The molecule has 1 unspecified atom stereocenters. The molecule has 0 radical (unpaired) electrons. The third kappa shape index (κ3) is 3.13. The van der Waals surface area contributed by atoms with Crippen molar-refractivity contribution in [1.82, 2.24) is 14.8 Å². The first kappa shape index (κ1) is 13.1. The van der Waals surface area contributed by atoms with Gasteiger partial charge in [0, 0.05) is 32.5 Å². The molecular weight excluding hydrogens is 226 g/mol. The van der Waals surface area contributed by atoms with E-state index in [4.69, 9.17) is 0 Å². The molecule has 0 aliphatic heterocycles. The summed E-state index contributed by atoms with van der Waals surface area (Å²) in [4.78, 5) is 13.3. The Morgan fingerprint density at radius 3 is 2.83 bits per heavy atom. The minimum Gasteiger partial charge on any atom is -0.347 e. The van der Waals surface area contributed by atoms with Crippen LogP contribution in [0.15, 0.2) is 18.5 Å². The molecule has 1 aromatic rings. The fourth-order valence-electron chi connectivity index (χ4n) is 2.25. The molecule has 1 aromatic heterocycles. The summed E-state index contributed by atoms with van der Waals surface area (Å²) in [6.45, 7) is 3.56. The molecule has 0 saturated heterocycles. The first-order chi connectivity index (χ1) is 8.61. The summed E-state index contributed by atoms with van der Waals surface area (Å²) in [5.41, 5.74) is 1.31. The van der Waals surface area contributed by atoms with Gasteiger partial charge in [0.25, 0.3) is 0 Å². The smallest absolute Gasteiger partial charge is 0.241 e. The van der Waals surface area contributed by atoms with E-state index < -0.39 is 0 Å². The molecule has 1 N–H and O–H groups in total. The van der Waals surface area contributed by atoms with Crippen molar-refractivity contribution in [2.75, 3.05) is 20.6 Å². The van der Waals surface area contributed by atoms with Gasteiger partial charge in [0.2, 0.25) is 5.91 Å². The van der Waals surface area contributed by atoms with E-state index in [1.807, 2.05) is 10.8 Å². The third-order valence-corrected chi connectivity index (χ3v) is 3.47. The van der Waals surface area contributed by atoms with Crippen LogP contribution in [0.1, 0.15) is 31.4 Å². The largest absolute Gasteiger partial charge is 0.347 e. The molecule has 4 nitrogen and oxygen atoms in total. The lowest BCUT2D eigenvalue weighted by Gasteiger charge is -2.16. The maximum atomic E-state index is 11.7. The maximum Gasteiger partial charge on any atom is 0.241 e. The number of carbonyl (C=O) groups excluding carboxylic acids is 1. The van der Waals surface area contributed by atoms with Gasteiger partial charge in [-0.2, -0.15) is 0 Å². The average Bonchev–Trinajstić information content (AvgIpc) is 3.06. The molecule has 1 aliphatic carbocycles. The van der Waals surface area contributed by atoms with E-state index in [1.165, 1.54) is 18.4 Å². The van der Waals surface area contributed by atoms with Gasteiger partial charge in [0.1, 0.15) is 6.54 Å². The second kappa shape index (κ2) is 5.57. The van der Waals surface area contributed by atoms with E-state index in [-0.39, 0.29) is 5.91 Å². The lowest BCUT2D eigenvalue weighted by Crippen LogP contribution is -2.26. The van der Waals surface area contributed by atoms with Crippen LogP contribution < -0.4 is 5.32 Å². The molecule has 1 heterocycles. The first-order valence-corrected chi connectivity index (χ1v) is 6.71. The van der Waals surface area contributed by atoms with Crippen molar-refractivity contribution in [3.05, 3.63) is 24.0 Å². The predicted molar refractivity (Wildman–Crippen MR) is 72.3 cm³/mol. The molecule has 0 spiro atoms. The van der Waals surface area contributed by atoms with Crippen molar-refractivity contribution in [3.63, 3.8) is 0 Å². The number of hydrogen-bond donors (Lipinski definition) is 1. The van der Waals surface area contributed by atoms with Crippen LogP contribution in [0.2, 0.25) is 0 Å². The Hall–Kier alpha value is -1.29. The Balaban J connectivity index is 2.02. The minimum atomic E-state index is 0.128. The summed E-state index contributed by atoms with van der Waals surface area (Å²) in [6, 6.07) is 2.60. The Kier molecular flexibility index (Phi) is 4.07. The summed E-state index contributed by atoms with van der Waals surface area (Å²) >= 11 is 0. The van der Waals surface area contributed by atoms with Gasteiger partial charge >= 0.3 is 0 Å². The van der Waals surface area contributed by atoms with Gasteiger partial charge in [-0.1, -0.05) is 6.92 Å². The van der Waals surface area contributed by atoms with Gasteiger partial charge in [0.15, 0.2) is 0 Å². The van der Waals surface area contributed by atoms with Crippen molar-refractivity contribution in [2.24, 2.45) is 5.92 Å².